The number of carboxylic acid groups (broad SMARTS) is 1. The number of benzene rings is 1. The molecule has 0 radical (unpaired) electrons. The van der Waals surface area contributed by atoms with Crippen molar-refractivity contribution in [2.75, 3.05) is 0 Å². The van der Waals surface area contributed by atoms with E-state index < -0.39 is 23.9 Å². The SMILES string of the molecule is O=C(O)C(=O)/C=C/c1cccc(OC(F)(F)F)c1. The summed E-state index contributed by atoms with van der Waals surface area (Å²) in [4.78, 5) is 20.9. The van der Waals surface area contributed by atoms with Gasteiger partial charge in [0.1, 0.15) is 5.75 Å². The van der Waals surface area contributed by atoms with Crippen LogP contribution in [0.15, 0.2) is 30.3 Å². The molecule has 0 bridgehead atoms. The first-order valence-corrected chi connectivity index (χ1v) is 4.59. The number of carbonyl (C=O) groups is 2. The number of aliphatic carboxylic acids is 1. The van der Waals surface area contributed by atoms with Crippen molar-refractivity contribution in [3.63, 3.8) is 0 Å². The lowest BCUT2D eigenvalue weighted by Gasteiger charge is -2.08. The van der Waals surface area contributed by atoms with Crippen molar-refractivity contribution in [1.82, 2.24) is 0 Å². The van der Waals surface area contributed by atoms with Crippen LogP contribution >= 0.6 is 0 Å². The highest BCUT2D eigenvalue weighted by molar-refractivity contribution is 6.38. The third-order valence-electron chi connectivity index (χ3n) is 1.73. The molecular formula is C11H7F3O4. The first kappa shape index (κ1) is 13.8. The minimum Gasteiger partial charge on any atom is -0.475 e. The fourth-order valence-electron chi connectivity index (χ4n) is 1.06. The fraction of sp³-hybridized carbons (Fsp3) is 0.0909. The fourth-order valence-corrected chi connectivity index (χ4v) is 1.06. The Kier molecular flexibility index (Phi) is 4.09. The second kappa shape index (κ2) is 5.35. The standard InChI is InChI=1S/C11H7F3O4/c12-11(13,14)18-8-3-1-2-7(6-8)4-5-9(15)10(16)17/h1-6H,(H,16,17)/b5-4+. The minimum absolute atomic E-state index is 0.214. The van der Waals surface area contributed by atoms with Crippen LogP contribution in [0.5, 0.6) is 5.75 Å². The highest BCUT2D eigenvalue weighted by Crippen LogP contribution is 2.23. The van der Waals surface area contributed by atoms with Gasteiger partial charge in [0.25, 0.3) is 5.78 Å². The number of ketones is 1. The van der Waals surface area contributed by atoms with E-state index in [9.17, 15) is 22.8 Å². The molecule has 0 saturated carbocycles. The Labute approximate surface area is 99.3 Å². The van der Waals surface area contributed by atoms with Crippen molar-refractivity contribution in [3.05, 3.63) is 35.9 Å². The summed E-state index contributed by atoms with van der Waals surface area (Å²) in [5, 5.41) is 8.29. The van der Waals surface area contributed by atoms with E-state index in [0.29, 0.717) is 0 Å². The van der Waals surface area contributed by atoms with Crippen molar-refractivity contribution in [1.29, 1.82) is 0 Å². The second-order valence-corrected chi connectivity index (χ2v) is 3.12. The second-order valence-electron chi connectivity index (χ2n) is 3.12. The van der Waals surface area contributed by atoms with Crippen molar-refractivity contribution in [3.8, 4) is 5.75 Å². The molecule has 0 saturated heterocycles. The first-order valence-electron chi connectivity index (χ1n) is 4.59. The molecule has 0 aliphatic heterocycles. The summed E-state index contributed by atoms with van der Waals surface area (Å²) < 4.78 is 39.4. The number of hydrogen-bond acceptors (Lipinski definition) is 3. The zero-order valence-corrected chi connectivity index (χ0v) is 8.77. The summed E-state index contributed by atoms with van der Waals surface area (Å²) in [6, 6.07) is 4.80. The van der Waals surface area contributed by atoms with Crippen LogP contribution in [0.4, 0.5) is 13.2 Å². The molecule has 1 rings (SSSR count). The Morgan fingerprint density at radius 1 is 1.28 bits per heavy atom. The van der Waals surface area contributed by atoms with Crippen molar-refractivity contribution in [2.24, 2.45) is 0 Å². The Balaban J connectivity index is 2.83. The summed E-state index contributed by atoms with van der Waals surface area (Å²) in [6.07, 6.45) is -2.98. The summed E-state index contributed by atoms with van der Waals surface area (Å²) in [6.45, 7) is 0. The van der Waals surface area contributed by atoms with Gasteiger partial charge in [-0.15, -0.1) is 13.2 Å². The van der Waals surface area contributed by atoms with E-state index in [1.54, 1.807) is 0 Å². The highest BCUT2D eigenvalue weighted by Gasteiger charge is 2.30. The van der Waals surface area contributed by atoms with Gasteiger partial charge in [-0.05, 0) is 23.8 Å². The maximum Gasteiger partial charge on any atom is 0.573 e. The molecule has 0 aromatic heterocycles. The van der Waals surface area contributed by atoms with Gasteiger partial charge in [-0.25, -0.2) is 4.79 Å². The molecule has 0 unspecified atom stereocenters. The molecular weight excluding hydrogens is 253 g/mol. The summed E-state index contributed by atoms with van der Waals surface area (Å²) >= 11 is 0. The van der Waals surface area contributed by atoms with E-state index in [-0.39, 0.29) is 5.56 Å². The highest BCUT2D eigenvalue weighted by atomic mass is 19.4. The van der Waals surface area contributed by atoms with Crippen LogP contribution in [-0.2, 0) is 9.59 Å². The van der Waals surface area contributed by atoms with E-state index in [2.05, 4.69) is 4.74 Å². The van der Waals surface area contributed by atoms with E-state index in [4.69, 9.17) is 5.11 Å². The molecule has 0 spiro atoms. The number of ether oxygens (including phenoxy) is 1. The Bertz CT molecular complexity index is 491. The van der Waals surface area contributed by atoms with Crippen LogP contribution in [0.3, 0.4) is 0 Å². The number of rotatable bonds is 4. The van der Waals surface area contributed by atoms with E-state index in [1.165, 1.54) is 12.1 Å². The third-order valence-corrected chi connectivity index (χ3v) is 1.73. The molecule has 96 valence electrons. The molecule has 1 aromatic rings. The zero-order chi connectivity index (χ0) is 13.8. The van der Waals surface area contributed by atoms with E-state index in [0.717, 1.165) is 24.3 Å². The predicted octanol–water partition coefficient (Wildman–Crippen LogP) is 2.25. The van der Waals surface area contributed by atoms with Crippen LogP contribution in [0, 0.1) is 0 Å². The smallest absolute Gasteiger partial charge is 0.475 e. The lowest BCUT2D eigenvalue weighted by atomic mass is 10.2. The zero-order valence-electron chi connectivity index (χ0n) is 8.77. The van der Waals surface area contributed by atoms with Crippen molar-refractivity contribution >= 4 is 17.8 Å². The van der Waals surface area contributed by atoms with E-state index in [1.807, 2.05) is 0 Å². The Morgan fingerprint density at radius 2 is 1.94 bits per heavy atom. The van der Waals surface area contributed by atoms with Gasteiger partial charge in [0.15, 0.2) is 0 Å². The van der Waals surface area contributed by atoms with Crippen LogP contribution in [-0.4, -0.2) is 23.2 Å². The minimum atomic E-state index is -4.81. The molecule has 18 heavy (non-hydrogen) atoms. The number of carboxylic acids is 1. The molecule has 0 heterocycles. The number of carbonyl (C=O) groups excluding carboxylic acids is 1. The first-order chi connectivity index (χ1) is 8.28. The molecule has 1 aromatic carbocycles. The topological polar surface area (TPSA) is 63.6 Å². The van der Waals surface area contributed by atoms with Gasteiger partial charge < -0.3 is 9.84 Å². The average molecular weight is 260 g/mol. The lowest BCUT2D eigenvalue weighted by Crippen LogP contribution is -2.17. The summed E-state index contributed by atoms with van der Waals surface area (Å²) in [5.41, 5.74) is 0.214. The quantitative estimate of drug-likeness (QED) is 0.666. The van der Waals surface area contributed by atoms with E-state index >= 15 is 0 Å². The predicted molar refractivity (Wildman–Crippen MR) is 54.8 cm³/mol. The number of halogens is 3. The van der Waals surface area contributed by atoms with Gasteiger partial charge in [-0.1, -0.05) is 18.2 Å². The summed E-state index contributed by atoms with van der Waals surface area (Å²) in [5.74, 6) is -3.27. The lowest BCUT2D eigenvalue weighted by molar-refractivity contribution is -0.274. The molecule has 0 aliphatic rings. The largest absolute Gasteiger partial charge is 0.573 e. The normalized spacial score (nSPS) is 11.5. The Hall–Kier alpha value is -2.31. The van der Waals surface area contributed by atoms with Gasteiger partial charge in [-0.2, -0.15) is 0 Å². The Morgan fingerprint density at radius 3 is 2.50 bits per heavy atom. The molecule has 0 atom stereocenters. The van der Waals surface area contributed by atoms with Crippen LogP contribution < -0.4 is 4.74 Å². The molecule has 1 N–H and O–H groups in total. The molecule has 0 fully saturated rings. The third kappa shape index (κ3) is 4.69. The molecule has 0 aliphatic carbocycles. The maximum atomic E-state index is 11.9. The van der Waals surface area contributed by atoms with Gasteiger partial charge in [-0.3, -0.25) is 4.79 Å². The van der Waals surface area contributed by atoms with Crippen LogP contribution in [0.2, 0.25) is 0 Å². The number of hydrogen-bond donors (Lipinski definition) is 1. The molecule has 7 heteroatoms. The van der Waals surface area contributed by atoms with Crippen LogP contribution in [0.25, 0.3) is 6.08 Å². The van der Waals surface area contributed by atoms with Crippen molar-refractivity contribution < 1.29 is 32.6 Å². The average Bonchev–Trinajstić information content (AvgIpc) is 2.23. The van der Waals surface area contributed by atoms with Gasteiger partial charge in [0.05, 0.1) is 0 Å². The van der Waals surface area contributed by atoms with Gasteiger partial charge >= 0.3 is 12.3 Å². The van der Waals surface area contributed by atoms with Gasteiger partial charge in [0.2, 0.25) is 0 Å². The monoisotopic (exact) mass is 260 g/mol. The summed E-state index contributed by atoms with van der Waals surface area (Å²) in [7, 11) is 0. The van der Waals surface area contributed by atoms with Crippen LogP contribution in [0.1, 0.15) is 5.56 Å². The number of alkyl halides is 3. The van der Waals surface area contributed by atoms with Gasteiger partial charge in [0, 0.05) is 0 Å². The molecule has 4 nitrogen and oxygen atoms in total. The maximum absolute atomic E-state index is 11.9. The van der Waals surface area contributed by atoms with Crippen molar-refractivity contribution in [2.45, 2.75) is 6.36 Å². The molecule has 0 amide bonds.